The van der Waals surface area contributed by atoms with Crippen LogP contribution in [0.1, 0.15) is 106 Å². The van der Waals surface area contributed by atoms with Gasteiger partial charge in [-0.15, -0.1) is 0 Å². The van der Waals surface area contributed by atoms with Crippen molar-refractivity contribution in [1.82, 2.24) is 5.32 Å². The zero-order chi connectivity index (χ0) is 26.9. The van der Waals surface area contributed by atoms with E-state index in [2.05, 4.69) is 51.2 Å². The molecule has 0 spiro atoms. The fraction of sp³-hybridized carbons (Fsp3) is 0.588. The molecule has 6 rings (SSSR count). The summed E-state index contributed by atoms with van der Waals surface area (Å²) in [5.74, 6) is 0.957. The van der Waals surface area contributed by atoms with Gasteiger partial charge < -0.3 is 5.11 Å². The standard InChI is InChI=1S/C34H43NO3/c1-21-8-9-22-11-14-27-25(26(22)19-21)7-5-16-33(27,3)30(37)35-31(38)34(4)18-6-17-32(2)28-20-24(36)13-10-23(28)12-15-29(32)34/h8-10,13,19-20,25,27,29,36H,5-7,11-12,14-18H2,1-4H3,(H,35,37,38)/t25-,27-,29-,32-,33+,34+/m1/s1. The van der Waals surface area contributed by atoms with E-state index in [-0.39, 0.29) is 29.1 Å². The number of rotatable bonds is 2. The second kappa shape index (κ2) is 8.96. The maximum absolute atomic E-state index is 14.1. The molecule has 4 aliphatic carbocycles. The summed E-state index contributed by atoms with van der Waals surface area (Å²) in [4.78, 5) is 28.2. The maximum Gasteiger partial charge on any atom is 0.232 e. The number of hydrogen-bond donors (Lipinski definition) is 2. The van der Waals surface area contributed by atoms with Crippen molar-refractivity contribution < 1.29 is 14.7 Å². The van der Waals surface area contributed by atoms with Crippen LogP contribution in [0.3, 0.4) is 0 Å². The van der Waals surface area contributed by atoms with Crippen molar-refractivity contribution in [3.63, 3.8) is 0 Å². The Morgan fingerprint density at radius 3 is 2.37 bits per heavy atom. The number of imide groups is 1. The van der Waals surface area contributed by atoms with Crippen molar-refractivity contribution >= 4 is 11.8 Å². The normalized spacial score (nSPS) is 35.7. The lowest BCUT2D eigenvalue weighted by Crippen LogP contribution is -2.58. The van der Waals surface area contributed by atoms with Gasteiger partial charge in [-0.3, -0.25) is 14.9 Å². The zero-order valence-corrected chi connectivity index (χ0v) is 23.5. The molecule has 2 amide bonds. The number of aryl methyl sites for hydroxylation is 3. The number of nitrogens with one attached hydrogen (secondary N) is 1. The summed E-state index contributed by atoms with van der Waals surface area (Å²) in [7, 11) is 0. The molecule has 2 N–H and O–H groups in total. The number of aromatic hydroxyl groups is 1. The minimum Gasteiger partial charge on any atom is -0.508 e. The summed E-state index contributed by atoms with van der Waals surface area (Å²) < 4.78 is 0. The van der Waals surface area contributed by atoms with Crippen molar-refractivity contribution in [1.29, 1.82) is 0 Å². The first-order chi connectivity index (χ1) is 18.1. The number of hydrogen-bond acceptors (Lipinski definition) is 3. The monoisotopic (exact) mass is 513 g/mol. The van der Waals surface area contributed by atoms with Gasteiger partial charge in [-0.25, -0.2) is 0 Å². The summed E-state index contributed by atoms with van der Waals surface area (Å²) in [5.41, 5.74) is 5.33. The molecule has 202 valence electrons. The Hall–Kier alpha value is -2.62. The molecular formula is C34H43NO3. The van der Waals surface area contributed by atoms with Crippen molar-refractivity contribution in [3.8, 4) is 5.75 Å². The summed E-state index contributed by atoms with van der Waals surface area (Å²) in [6, 6.07) is 12.6. The summed E-state index contributed by atoms with van der Waals surface area (Å²) in [6.45, 7) is 8.65. The van der Waals surface area contributed by atoms with Crippen LogP contribution in [0, 0.1) is 29.6 Å². The first-order valence-electron chi connectivity index (χ1n) is 14.8. The van der Waals surface area contributed by atoms with E-state index in [0.29, 0.717) is 11.7 Å². The molecule has 0 heterocycles. The molecular weight excluding hydrogens is 470 g/mol. The van der Waals surface area contributed by atoms with Crippen LogP contribution in [-0.2, 0) is 27.8 Å². The highest BCUT2D eigenvalue weighted by molar-refractivity contribution is 6.00. The first kappa shape index (κ1) is 25.6. The third-order valence-electron chi connectivity index (χ3n) is 11.5. The van der Waals surface area contributed by atoms with Crippen molar-refractivity contribution in [3.05, 3.63) is 64.2 Å². The second-order valence-corrected chi connectivity index (χ2v) is 13.7. The zero-order valence-electron chi connectivity index (χ0n) is 23.5. The Labute approximate surface area is 227 Å². The number of phenols is 1. The van der Waals surface area contributed by atoms with E-state index in [9.17, 15) is 14.7 Å². The van der Waals surface area contributed by atoms with E-state index in [1.807, 2.05) is 12.1 Å². The topological polar surface area (TPSA) is 66.4 Å². The molecule has 0 saturated heterocycles. The summed E-state index contributed by atoms with van der Waals surface area (Å²) in [5, 5.41) is 13.3. The van der Waals surface area contributed by atoms with Crippen molar-refractivity contribution in [2.45, 2.75) is 103 Å². The Bertz CT molecular complexity index is 1300. The molecule has 4 heteroatoms. The van der Waals surface area contributed by atoms with Crippen molar-refractivity contribution in [2.24, 2.45) is 22.7 Å². The van der Waals surface area contributed by atoms with Gasteiger partial charge in [-0.2, -0.15) is 0 Å². The number of carbonyl (C=O) groups excluding carboxylic acids is 2. The molecule has 2 aromatic rings. The SMILES string of the molecule is Cc1ccc2c(c1)[C@H]1CCC[C@](C)(C(=O)NC(=O)[C@@]3(C)CCC[C@]4(C)c5cc(O)ccc5CC[C@@H]34)[C@@H]1CC2. The van der Waals surface area contributed by atoms with Gasteiger partial charge in [0.05, 0.1) is 10.8 Å². The smallest absolute Gasteiger partial charge is 0.232 e. The van der Waals surface area contributed by atoms with Crippen LogP contribution in [0.5, 0.6) is 5.75 Å². The van der Waals surface area contributed by atoms with Gasteiger partial charge in [0.25, 0.3) is 0 Å². The Morgan fingerprint density at radius 1 is 0.842 bits per heavy atom. The Kier molecular flexibility index (Phi) is 6.05. The molecule has 0 aliphatic heterocycles. The van der Waals surface area contributed by atoms with E-state index in [1.165, 1.54) is 27.8 Å². The molecule has 6 atom stereocenters. The van der Waals surface area contributed by atoms with Gasteiger partial charge in [0.15, 0.2) is 0 Å². The minimum absolute atomic E-state index is 0.0596. The predicted octanol–water partition coefficient (Wildman–Crippen LogP) is 6.89. The van der Waals surface area contributed by atoms with E-state index in [0.717, 1.165) is 64.2 Å². The molecule has 4 aliphatic rings. The largest absolute Gasteiger partial charge is 0.508 e. The van der Waals surface area contributed by atoms with Gasteiger partial charge in [-0.1, -0.05) is 63.4 Å². The van der Waals surface area contributed by atoms with Crippen LogP contribution in [0.15, 0.2) is 36.4 Å². The molecule has 0 unspecified atom stereocenters. The minimum atomic E-state index is -0.605. The van der Waals surface area contributed by atoms with Crippen LogP contribution >= 0.6 is 0 Å². The highest BCUT2D eigenvalue weighted by Gasteiger charge is 2.56. The molecule has 0 radical (unpaired) electrons. The van der Waals surface area contributed by atoms with Crippen LogP contribution in [0.25, 0.3) is 0 Å². The number of benzene rings is 2. The Balaban J connectivity index is 1.26. The quantitative estimate of drug-likeness (QED) is 0.430. The fourth-order valence-corrected chi connectivity index (χ4v) is 9.40. The summed E-state index contributed by atoms with van der Waals surface area (Å²) >= 11 is 0. The third-order valence-corrected chi connectivity index (χ3v) is 11.5. The van der Waals surface area contributed by atoms with Crippen LogP contribution < -0.4 is 5.32 Å². The van der Waals surface area contributed by atoms with Gasteiger partial charge in [-0.05, 0) is 116 Å². The van der Waals surface area contributed by atoms with Gasteiger partial charge in [0, 0.05) is 0 Å². The van der Waals surface area contributed by atoms with Crippen LogP contribution in [0.2, 0.25) is 0 Å². The highest BCUT2D eigenvalue weighted by atomic mass is 16.3. The molecule has 2 saturated carbocycles. The average molecular weight is 514 g/mol. The highest BCUT2D eigenvalue weighted by Crippen LogP contribution is 2.58. The number of phenolic OH excluding ortho intramolecular Hbond substituents is 1. The van der Waals surface area contributed by atoms with Crippen LogP contribution in [-0.4, -0.2) is 16.9 Å². The molecule has 0 aromatic heterocycles. The predicted molar refractivity (Wildman–Crippen MR) is 150 cm³/mol. The van der Waals surface area contributed by atoms with Gasteiger partial charge in [0.2, 0.25) is 11.8 Å². The molecule has 2 aromatic carbocycles. The van der Waals surface area contributed by atoms with E-state index in [4.69, 9.17) is 0 Å². The lowest BCUT2D eigenvalue weighted by molar-refractivity contribution is -0.149. The third kappa shape index (κ3) is 3.77. The van der Waals surface area contributed by atoms with Gasteiger partial charge >= 0.3 is 0 Å². The molecule has 2 fully saturated rings. The van der Waals surface area contributed by atoms with Crippen LogP contribution in [0.4, 0.5) is 0 Å². The number of carbonyl (C=O) groups is 2. The lowest BCUT2D eigenvalue weighted by Gasteiger charge is -2.54. The Morgan fingerprint density at radius 2 is 1.55 bits per heavy atom. The number of fused-ring (bicyclic) bond motifs is 6. The number of amides is 2. The van der Waals surface area contributed by atoms with E-state index >= 15 is 0 Å². The average Bonchev–Trinajstić information content (AvgIpc) is 2.89. The van der Waals surface area contributed by atoms with Gasteiger partial charge in [0.1, 0.15) is 5.75 Å². The summed E-state index contributed by atoms with van der Waals surface area (Å²) in [6.07, 6.45) is 9.61. The second-order valence-electron chi connectivity index (χ2n) is 13.7. The first-order valence-corrected chi connectivity index (χ1v) is 14.8. The van der Waals surface area contributed by atoms with E-state index in [1.54, 1.807) is 6.07 Å². The molecule has 0 bridgehead atoms. The molecule has 4 nitrogen and oxygen atoms in total. The molecule has 38 heavy (non-hydrogen) atoms. The fourth-order valence-electron chi connectivity index (χ4n) is 9.40. The lowest BCUT2D eigenvalue weighted by atomic mass is 9.49. The maximum atomic E-state index is 14.1. The van der Waals surface area contributed by atoms with E-state index < -0.39 is 10.8 Å². The van der Waals surface area contributed by atoms with Crippen molar-refractivity contribution in [2.75, 3.05) is 0 Å².